The maximum Gasteiger partial charge on any atom is 0.336 e. The monoisotopic (exact) mass is 208 g/mol. The minimum Gasteiger partial charge on any atom is -0.478 e. The van der Waals surface area contributed by atoms with Gasteiger partial charge in [0.05, 0.1) is 18.3 Å². The van der Waals surface area contributed by atoms with Crippen LogP contribution in [0, 0.1) is 0 Å². The smallest absolute Gasteiger partial charge is 0.336 e. The molecular weight excluding hydrogens is 196 g/mol. The third-order valence-electron chi connectivity index (χ3n) is 1.93. The predicted octanol–water partition coefficient (Wildman–Crippen LogP) is 0.967. The molecule has 0 aliphatic heterocycles. The fourth-order valence-electron chi connectivity index (χ4n) is 1.24. The standard InChI is InChI=1S/C11H12O4/c12-7-3-6-10(13)8-4-1-2-5-9(8)11(14)15/h1-6,10,12-13H,7H2,(H,14,15). The summed E-state index contributed by atoms with van der Waals surface area (Å²) in [6, 6.07) is 6.21. The van der Waals surface area contributed by atoms with E-state index in [9.17, 15) is 9.90 Å². The molecule has 3 N–H and O–H groups in total. The van der Waals surface area contributed by atoms with E-state index in [0.717, 1.165) is 0 Å². The fourth-order valence-corrected chi connectivity index (χ4v) is 1.24. The van der Waals surface area contributed by atoms with Gasteiger partial charge in [-0.1, -0.05) is 30.4 Å². The van der Waals surface area contributed by atoms with Gasteiger partial charge in [-0.15, -0.1) is 0 Å². The van der Waals surface area contributed by atoms with E-state index in [1.54, 1.807) is 12.1 Å². The van der Waals surface area contributed by atoms with Gasteiger partial charge in [-0.3, -0.25) is 0 Å². The molecule has 1 rings (SSSR count). The summed E-state index contributed by atoms with van der Waals surface area (Å²) in [6.07, 6.45) is 1.70. The quantitative estimate of drug-likeness (QED) is 0.644. The number of carboxylic acid groups (broad SMARTS) is 1. The van der Waals surface area contributed by atoms with E-state index in [1.807, 2.05) is 0 Å². The lowest BCUT2D eigenvalue weighted by molar-refractivity contribution is 0.0691. The molecule has 1 aromatic carbocycles. The average molecular weight is 208 g/mol. The highest BCUT2D eigenvalue weighted by Crippen LogP contribution is 2.18. The summed E-state index contributed by atoms with van der Waals surface area (Å²) in [5.74, 6) is -1.08. The summed E-state index contributed by atoms with van der Waals surface area (Å²) in [5, 5.41) is 27.0. The van der Waals surface area contributed by atoms with Crippen molar-refractivity contribution >= 4 is 5.97 Å². The topological polar surface area (TPSA) is 77.8 Å². The highest BCUT2D eigenvalue weighted by atomic mass is 16.4. The van der Waals surface area contributed by atoms with Crippen LogP contribution in [0.5, 0.6) is 0 Å². The second-order valence-electron chi connectivity index (χ2n) is 2.95. The zero-order valence-electron chi connectivity index (χ0n) is 8.00. The number of rotatable bonds is 4. The molecule has 1 atom stereocenters. The molecule has 0 spiro atoms. The predicted molar refractivity (Wildman–Crippen MR) is 54.6 cm³/mol. The SMILES string of the molecule is O=C(O)c1ccccc1C(O)C=CCO. The molecule has 0 fully saturated rings. The van der Waals surface area contributed by atoms with Crippen LogP contribution in [-0.2, 0) is 0 Å². The highest BCUT2D eigenvalue weighted by molar-refractivity contribution is 5.89. The molecule has 0 amide bonds. The van der Waals surface area contributed by atoms with Gasteiger partial charge in [0.2, 0.25) is 0 Å². The van der Waals surface area contributed by atoms with Crippen LogP contribution < -0.4 is 0 Å². The van der Waals surface area contributed by atoms with Crippen molar-refractivity contribution in [3.05, 3.63) is 47.5 Å². The molecular formula is C11H12O4. The first-order valence-corrected chi connectivity index (χ1v) is 4.44. The molecule has 1 aromatic rings. The van der Waals surface area contributed by atoms with Crippen molar-refractivity contribution in [1.29, 1.82) is 0 Å². The zero-order valence-corrected chi connectivity index (χ0v) is 8.00. The molecule has 15 heavy (non-hydrogen) atoms. The van der Waals surface area contributed by atoms with E-state index < -0.39 is 12.1 Å². The van der Waals surface area contributed by atoms with Gasteiger partial charge < -0.3 is 15.3 Å². The molecule has 0 heterocycles. The Labute approximate surface area is 87.1 Å². The van der Waals surface area contributed by atoms with Crippen molar-refractivity contribution in [3.63, 3.8) is 0 Å². The lowest BCUT2D eigenvalue weighted by atomic mass is 10.0. The van der Waals surface area contributed by atoms with Crippen molar-refractivity contribution in [1.82, 2.24) is 0 Å². The van der Waals surface area contributed by atoms with Crippen molar-refractivity contribution < 1.29 is 20.1 Å². The molecule has 0 aliphatic carbocycles. The average Bonchev–Trinajstić information content (AvgIpc) is 2.25. The van der Waals surface area contributed by atoms with Crippen LogP contribution in [0.25, 0.3) is 0 Å². The van der Waals surface area contributed by atoms with Crippen LogP contribution in [0.4, 0.5) is 0 Å². The number of carboxylic acids is 1. The first-order valence-electron chi connectivity index (χ1n) is 4.44. The maximum absolute atomic E-state index is 10.8. The van der Waals surface area contributed by atoms with Gasteiger partial charge >= 0.3 is 5.97 Å². The van der Waals surface area contributed by atoms with Crippen molar-refractivity contribution in [3.8, 4) is 0 Å². The van der Waals surface area contributed by atoms with Gasteiger partial charge in [0, 0.05) is 0 Å². The number of hydrogen-bond donors (Lipinski definition) is 3. The molecule has 0 saturated carbocycles. The van der Waals surface area contributed by atoms with Gasteiger partial charge in [-0.2, -0.15) is 0 Å². The number of aliphatic hydroxyl groups excluding tert-OH is 2. The summed E-state index contributed by atoms with van der Waals surface area (Å²) >= 11 is 0. The zero-order chi connectivity index (χ0) is 11.3. The Morgan fingerprint density at radius 1 is 1.40 bits per heavy atom. The van der Waals surface area contributed by atoms with Crippen molar-refractivity contribution in [2.75, 3.05) is 6.61 Å². The second-order valence-corrected chi connectivity index (χ2v) is 2.95. The van der Waals surface area contributed by atoms with Crippen LogP contribution >= 0.6 is 0 Å². The van der Waals surface area contributed by atoms with Crippen LogP contribution in [0.3, 0.4) is 0 Å². The van der Waals surface area contributed by atoms with Crippen LogP contribution in [0.1, 0.15) is 22.0 Å². The van der Waals surface area contributed by atoms with Crippen molar-refractivity contribution in [2.45, 2.75) is 6.10 Å². The first kappa shape index (κ1) is 11.4. The Bertz CT molecular complexity index is 371. The molecule has 1 unspecified atom stereocenters. The Morgan fingerprint density at radius 2 is 2.07 bits per heavy atom. The van der Waals surface area contributed by atoms with Gasteiger partial charge in [-0.25, -0.2) is 4.79 Å². The molecule has 0 radical (unpaired) electrons. The molecule has 0 saturated heterocycles. The van der Waals surface area contributed by atoms with E-state index in [4.69, 9.17) is 10.2 Å². The van der Waals surface area contributed by atoms with Crippen molar-refractivity contribution in [2.24, 2.45) is 0 Å². The summed E-state index contributed by atoms with van der Waals surface area (Å²) in [7, 11) is 0. The normalized spacial score (nSPS) is 12.9. The molecule has 0 bridgehead atoms. The Morgan fingerprint density at radius 3 is 2.67 bits per heavy atom. The number of hydrogen-bond acceptors (Lipinski definition) is 3. The van der Waals surface area contributed by atoms with Crippen LogP contribution in [0.2, 0.25) is 0 Å². The third kappa shape index (κ3) is 2.90. The number of aliphatic hydroxyl groups is 2. The van der Waals surface area contributed by atoms with Crippen LogP contribution in [0.15, 0.2) is 36.4 Å². The van der Waals surface area contributed by atoms with Gasteiger partial charge in [-0.05, 0) is 11.6 Å². The Balaban J connectivity index is 3.02. The Hall–Kier alpha value is -1.65. The van der Waals surface area contributed by atoms with Crippen LogP contribution in [-0.4, -0.2) is 27.9 Å². The lowest BCUT2D eigenvalue weighted by Gasteiger charge is -2.09. The fraction of sp³-hybridized carbons (Fsp3) is 0.182. The molecule has 4 heteroatoms. The summed E-state index contributed by atoms with van der Waals surface area (Å²) < 4.78 is 0. The molecule has 4 nitrogen and oxygen atoms in total. The number of carbonyl (C=O) groups is 1. The lowest BCUT2D eigenvalue weighted by Crippen LogP contribution is -2.05. The summed E-state index contributed by atoms with van der Waals surface area (Å²) in [6.45, 7) is -0.188. The van der Waals surface area contributed by atoms with E-state index in [2.05, 4.69) is 0 Å². The second kappa shape index (κ2) is 5.29. The highest BCUT2D eigenvalue weighted by Gasteiger charge is 2.13. The van der Waals surface area contributed by atoms with E-state index in [0.29, 0.717) is 5.56 Å². The minimum absolute atomic E-state index is 0.0626. The van der Waals surface area contributed by atoms with Gasteiger partial charge in [0.15, 0.2) is 0 Å². The van der Waals surface area contributed by atoms with E-state index in [1.165, 1.54) is 24.3 Å². The number of benzene rings is 1. The Kier molecular flexibility index (Phi) is 4.03. The molecule has 80 valence electrons. The van der Waals surface area contributed by atoms with E-state index >= 15 is 0 Å². The number of aromatic carboxylic acids is 1. The minimum atomic E-state index is -1.08. The summed E-state index contributed by atoms with van der Waals surface area (Å²) in [4.78, 5) is 10.8. The van der Waals surface area contributed by atoms with Gasteiger partial charge in [0.25, 0.3) is 0 Å². The maximum atomic E-state index is 10.8. The molecule has 0 aromatic heterocycles. The van der Waals surface area contributed by atoms with Gasteiger partial charge in [0.1, 0.15) is 0 Å². The third-order valence-corrected chi connectivity index (χ3v) is 1.93. The molecule has 0 aliphatic rings. The van der Waals surface area contributed by atoms with E-state index in [-0.39, 0.29) is 12.2 Å². The first-order chi connectivity index (χ1) is 7.16. The largest absolute Gasteiger partial charge is 0.478 e. The summed E-state index contributed by atoms with van der Waals surface area (Å²) in [5.41, 5.74) is 0.377.